The van der Waals surface area contributed by atoms with Crippen LogP contribution in [0.3, 0.4) is 0 Å². The van der Waals surface area contributed by atoms with Gasteiger partial charge in [0.25, 0.3) is 0 Å². The molecule has 0 saturated carbocycles. The first-order chi connectivity index (χ1) is 15.0. The first kappa shape index (κ1) is 21.6. The molecular weight excluding hydrogens is 430 g/mol. The number of hydrogen-bond donors (Lipinski definition) is 0. The molecule has 31 heavy (non-hydrogen) atoms. The van der Waals surface area contributed by atoms with Crippen LogP contribution in [0, 0.1) is 6.92 Å². The molecule has 0 spiro atoms. The van der Waals surface area contributed by atoms with Gasteiger partial charge in [-0.05, 0) is 42.8 Å². The predicted octanol–water partition coefficient (Wildman–Crippen LogP) is 3.48. The van der Waals surface area contributed by atoms with Crippen molar-refractivity contribution >= 4 is 51.5 Å². The lowest BCUT2D eigenvalue weighted by atomic mass is 10.1. The van der Waals surface area contributed by atoms with Crippen LogP contribution in [0.25, 0.3) is 0 Å². The molecule has 1 unspecified atom stereocenters. The summed E-state index contributed by atoms with van der Waals surface area (Å²) < 4.78 is 5.73. The second-order valence-corrected chi connectivity index (χ2v) is 9.44. The van der Waals surface area contributed by atoms with E-state index >= 15 is 0 Å². The van der Waals surface area contributed by atoms with Gasteiger partial charge in [-0.25, -0.2) is 0 Å². The van der Waals surface area contributed by atoms with Gasteiger partial charge in [-0.2, -0.15) is 0 Å². The van der Waals surface area contributed by atoms with Gasteiger partial charge in [0.1, 0.15) is 15.3 Å². The van der Waals surface area contributed by atoms with Crippen LogP contribution in [0.15, 0.2) is 48.5 Å². The van der Waals surface area contributed by atoms with Gasteiger partial charge in [-0.3, -0.25) is 14.5 Å². The van der Waals surface area contributed by atoms with E-state index in [1.807, 2.05) is 60.4 Å². The third-order valence-corrected chi connectivity index (χ3v) is 7.22. The molecule has 2 aromatic carbocycles. The molecule has 0 aliphatic carbocycles. The van der Waals surface area contributed by atoms with E-state index in [4.69, 9.17) is 17.0 Å². The fraction of sp³-hybridized carbons (Fsp3) is 0.348. The average Bonchev–Trinajstić information content (AvgIpc) is 3.07. The molecule has 0 bridgehead atoms. The third kappa shape index (κ3) is 4.55. The number of amides is 2. The number of carbonyl (C=O) groups is 2. The first-order valence-corrected chi connectivity index (χ1v) is 11.5. The Balaban J connectivity index is 1.34. The second kappa shape index (κ2) is 9.28. The van der Waals surface area contributed by atoms with Gasteiger partial charge < -0.3 is 14.5 Å². The largest absolute Gasteiger partial charge is 0.497 e. The van der Waals surface area contributed by atoms with E-state index in [0.29, 0.717) is 17.4 Å². The number of thiocarbonyl (C=S) groups is 1. The van der Waals surface area contributed by atoms with Gasteiger partial charge in [0, 0.05) is 38.3 Å². The summed E-state index contributed by atoms with van der Waals surface area (Å²) in [5.41, 5.74) is 2.90. The number of carbonyl (C=O) groups excluding carboxylic acids is 2. The van der Waals surface area contributed by atoms with Crippen LogP contribution >= 0.6 is 24.0 Å². The van der Waals surface area contributed by atoms with Gasteiger partial charge in [0.05, 0.1) is 12.8 Å². The van der Waals surface area contributed by atoms with E-state index in [-0.39, 0.29) is 18.2 Å². The van der Waals surface area contributed by atoms with Crippen LogP contribution in [0.1, 0.15) is 12.0 Å². The summed E-state index contributed by atoms with van der Waals surface area (Å²) in [4.78, 5) is 31.6. The van der Waals surface area contributed by atoms with Gasteiger partial charge in [0.2, 0.25) is 11.8 Å². The molecule has 8 heteroatoms. The topological polar surface area (TPSA) is 53.1 Å². The van der Waals surface area contributed by atoms with E-state index in [0.717, 1.165) is 35.8 Å². The number of rotatable bonds is 5. The Kier molecular flexibility index (Phi) is 6.48. The Bertz CT molecular complexity index is 988. The van der Waals surface area contributed by atoms with Gasteiger partial charge >= 0.3 is 0 Å². The first-order valence-electron chi connectivity index (χ1n) is 10.2. The summed E-state index contributed by atoms with van der Waals surface area (Å²) in [6.07, 6.45) is 0.175. The van der Waals surface area contributed by atoms with Crippen molar-refractivity contribution in [2.24, 2.45) is 0 Å². The molecule has 0 radical (unpaired) electrons. The van der Waals surface area contributed by atoms with Crippen LogP contribution in [-0.4, -0.2) is 59.6 Å². The number of para-hydroxylation sites is 1. The van der Waals surface area contributed by atoms with Crippen molar-refractivity contribution in [1.29, 1.82) is 0 Å². The maximum Gasteiger partial charge on any atom is 0.246 e. The predicted molar refractivity (Wildman–Crippen MR) is 129 cm³/mol. The number of nitrogens with zero attached hydrogens (tertiary/aromatic N) is 3. The van der Waals surface area contributed by atoms with E-state index in [2.05, 4.69) is 4.90 Å². The highest BCUT2D eigenvalue weighted by atomic mass is 32.2. The molecule has 2 aliphatic rings. The summed E-state index contributed by atoms with van der Waals surface area (Å²) in [6, 6.07) is 15.6. The smallest absolute Gasteiger partial charge is 0.246 e. The quantitative estimate of drug-likeness (QED) is 0.644. The van der Waals surface area contributed by atoms with Crippen molar-refractivity contribution in [2.45, 2.75) is 18.6 Å². The number of thioether (sulfide) groups is 1. The van der Waals surface area contributed by atoms with E-state index < -0.39 is 5.25 Å². The van der Waals surface area contributed by atoms with Crippen molar-refractivity contribution in [3.8, 4) is 5.75 Å². The minimum atomic E-state index is -0.459. The zero-order chi connectivity index (χ0) is 22.0. The highest BCUT2D eigenvalue weighted by Crippen LogP contribution is 2.35. The summed E-state index contributed by atoms with van der Waals surface area (Å²) >= 11 is 6.78. The summed E-state index contributed by atoms with van der Waals surface area (Å²) in [5, 5.41) is -0.459. The number of methoxy groups -OCH3 is 1. The fourth-order valence-corrected chi connectivity index (χ4v) is 5.42. The van der Waals surface area contributed by atoms with Crippen LogP contribution in [0.5, 0.6) is 5.75 Å². The molecule has 2 saturated heterocycles. The maximum atomic E-state index is 13.0. The number of piperazine rings is 1. The molecule has 1 atom stereocenters. The molecule has 2 aliphatic heterocycles. The summed E-state index contributed by atoms with van der Waals surface area (Å²) in [7, 11) is 1.65. The van der Waals surface area contributed by atoms with Gasteiger partial charge in [0.15, 0.2) is 0 Å². The molecular formula is C23H25N3O3S2. The Hall–Kier alpha value is -2.58. The Labute approximate surface area is 192 Å². The van der Waals surface area contributed by atoms with E-state index in [1.165, 1.54) is 11.8 Å². The van der Waals surface area contributed by atoms with Crippen molar-refractivity contribution in [2.75, 3.05) is 43.1 Å². The van der Waals surface area contributed by atoms with Crippen LogP contribution in [0.4, 0.5) is 11.4 Å². The summed E-state index contributed by atoms with van der Waals surface area (Å²) in [6.45, 7) is 4.76. The lowest BCUT2D eigenvalue weighted by Gasteiger charge is -2.36. The molecule has 0 N–H and O–H groups in total. The number of aryl methyl sites for hydroxylation is 1. The Morgan fingerprint density at radius 2 is 1.77 bits per heavy atom. The highest BCUT2D eigenvalue weighted by molar-refractivity contribution is 8.25. The number of benzene rings is 2. The lowest BCUT2D eigenvalue weighted by molar-refractivity contribution is -0.133. The van der Waals surface area contributed by atoms with Crippen LogP contribution in [-0.2, 0) is 9.59 Å². The fourth-order valence-electron chi connectivity index (χ4n) is 3.91. The average molecular weight is 456 g/mol. The van der Waals surface area contributed by atoms with Crippen LogP contribution < -0.4 is 14.5 Å². The second-order valence-electron chi connectivity index (χ2n) is 7.60. The van der Waals surface area contributed by atoms with E-state index in [1.54, 1.807) is 12.0 Å². The van der Waals surface area contributed by atoms with Gasteiger partial charge in [-0.15, -0.1) is 0 Å². The molecule has 4 rings (SSSR count). The van der Waals surface area contributed by atoms with Crippen molar-refractivity contribution in [1.82, 2.24) is 4.90 Å². The molecule has 2 heterocycles. The zero-order valence-electron chi connectivity index (χ0n) is 17.6. The monoisotopic (exact) mass is 455 g/mol. The normalized spacial score (nSPS) is 19.2. The molecule has 2 fully saturated rings. The SMILES string of the molecule is COc1ccc(N2CCN(C(=O)CC3SC(=S)N(c4ccccc4C)C3=O)CC2)cc1. The van der Waals surface area contributed by atoms with E-state index in [9.17, 15) is 9.59 Å². The van der Waals surface area contributed by atoms with Crippen LogP contribution in [0.2, 0.25) is 0 Å². The number of anilines is 2. The Morgan fingerprint density at radius 3 is 2.42 bits per heavy atom. The molecule has 162 valence electrons. The third-order valence-electron chi connectivity index (χ3n) is 5.71. The zero-order valence-corrected chi connectivity index (χ0v) is 19.2. The molecule has 6 nitrogen and oxygen atoms in total. The minimum absolute atomic E-state index is 0.00895. The number of ether oxygens (including phenoxy) is 1. The Morgan fingerprint density at radius 1 is 1.10 bits per heavy atom. The lowest BCUT2D eigenvalue weighted by Crippen LogP contribution is -2.49. The highest BCUT2D eigenvalue weighted by Gasteiger charge is 2.40. The van der Waals surface area contributed by atoms with Crippen molar-refractivity contribution in [3.63, 3.8) is 0 Å². The molecule has 2 aromatic rings. The molecule has 2 amide bonds. The van der Waals surface area contributed by atoms with Crippen molar-refractivity contribution < 1.29 is 14.3 Å². The minimum Gasteiger partial charge on any atom is -0.497 e. The van der Waals surface area contributed by atoms with Gasteiger partial charge in [-0.1, -0.05) is 42.2 Å². The van der Waals surface area contributed by atoms with Crippen molar-refractivity contribution in [3.05, 3.63) is 54.1 Å². The summed E-state index contributed by atoms with van der Waals surface area (Å²) in [5.74, 6) is 0.734. The molecule has 0 aromatic heterocycles. The number of hydrogen-bond acceptors (Lipinski definition) is 6. The standard InChI is InChI=1S/C23H25N3O3S2/c1-16-5-3-4-6-19(16)26-22(28)20(31-23(26)30)15-21(27)25-13-11-24(12-14-25)17-7-9-18(29-2)10-8-17/h3-10,20H,11-15H2,1-2H3. The maximum absolute atomic E-state index is 13.0.